The van der Waals surface area contributed by atoms with Gasteiger partial charge in [-0.1, -0.05) is 12.1 Å². The summed E-state index contributed by atoms with van der Waals surface area (Å²) in [5.41, 5.74) is 0.770. The Kier molecular flexibility index (Phi) is 4.45. The lowest BCUT2D eigenvalue weighted by atomic mass is 10.2. The number of benzene rings is 1. The maximum atomic E-state index is 11.9. The monoisotopic (exact) mass is 250 g/mol. The van der Waals surface area contributed by atoms with E-state index in [2.05, 4.69) is 10.6 Å². The molecule has 0 heterocycles. The van der Waals surface area contributed by atoms with Crippen molar-refractivity contribution in [2.45, 2.75) is 23.8 Å². The first-order valence-corrected chi connectivity index (χ1v) is 7.18. The van der Waals surface area contributed by atoms with Crippen molar-refractivity contribution < 1.29 is 4.79 Å². The summed E-state index contributed by atoms with van der Waals surface area (Å²) in [4.78, 5) is 13.0. The molecule has 0 aromatic heterocycles. The molecule has 0 spiro atoms. The molecular weight excluding hydrogens is 232 g/mol. The molecule has 1 aliphatic carbocycles. The second-order valence-electron chi connectivity index (χ2n) is 4.18. The van der Waals surface area contributed by atoms with Gasteiger partial charge in [-0.3, -0.25) is 4.79 Å². The normalized spacial score (nSPS) is 14.6. The van der Waals surface area contributed by atoms with Gasteiger partial charge in [-0.05, 0) is 31.2 Å². The standard InChI is InChI=1S/C13H18N2OS/c1-17-12-5-3-2-4-11(12)13(16)15-9-8-14-10-6-7-10/h2-5,10,14H,6-9H2,1H3,(H,15,16). The van der Waals surface area contributed by atoms with Crippen molar-refractivity contribution in [2.75, 3.05) is 19.3 Å². The van der Waals surface area contributed by atoms with Crippen LogP contribution in [-0.4, -0.2) is 31.3 Å². The molecule has 0 radical (unpaired) electrons. The summed E-state index contributed by atoms with van der Waals surface area (Å²) in [5, 5.41) is 6.31. The van der Waals surface area contributed by atoms with Gasteiger partial charge in [0.15, 0.2) is 0 Å². The zero-order valence-corrected chi connectivity index (χ0v) is 10.8. The quantitative estimate of drug-likeness (QED) is 0.598. The lowest BCUT2D eigenvalue weighted by molar-refractivity contribution is 0.0951. The zero-order chi connectivity index (χ0) is 12.1. The molecule has 0 unspecified atom stereocenters. The molecule has 1 aromatic carbocycles. The first kappa shape index (κ1) is 12.5. The lowest BCUT2D eigenvalue weighted by Crippen LogP contribution is -2.32. The summed E-state index contributed by atoms with van der Waals surface area (Å²) < 4.78 is 0. The highest BCUT2D eigenvalue weighted by atomic mass is 32.2. The number of amides is 1. The Morgan fingerprint density at radius 3 is 2.82 bits per heavy atom. The molecule has 1 saturated carbocycles. The third kappa shape index (κ3) is 3.75. The van der Waals surface area contributed by atoms with Crippen molar-refractivity contribution in [2.24, 2.45) is 0 Å². The molecule has 0 saturated heterocycles. The van der Waals surface area contributed by atoms with Crippen molar-refractivity contribution in [1.29, 1.82) is 0 Å². The average molecular weight is 250 g/mol. The van der Waals surface area contributed by atoms with Gasteiger partial charge in [-0.15, -0.1) is 11.8 Å². The Morgan fingerprint density at radius 1 is 1.35 bits per heavy atom. The van der Waals surface area contributed by atoms with Gasteiger partial charge in [0.2, 0.25) is 0 Å². The van der Waals surface area contributed by atoms with E-state index in [4.69, 9.17) is 0 Å². The molecule has 1 fully saturated rings. The van der Waals surface area contributed by atoms with E-state index in [0.29, 0.717) is 12.6 Å². The Morgan fingerprint density at radius 2 is 2.12 bits per heavy atom. The van der Waals surface area contributed by atoms with Gasteiger partial charge in [0, 0.05) is 24.0 Å². The van der Waals surface area contributed by atoms with Crippen LogP contribution in [0.2, 0.25) is 0 Å². The summed E-state index contributed by atoms with van der Waals surface area (Å²) in [6, 6.07) is 8.40. The molecule has 2 rings (SSSR count). The maximum Gasteiger partial charge on any atom is 0.252 e. The third-order valence-corrected chi connectivity index (χ3v) is 3.57. The third-order valence-electron chi connectivity index (χ3n) is 2.77. The minimum atomic E-state index is 0.0209. The highest BCUT2D eigenvalue weighted by Crippen LogP contribution is 2.19. The zero-order valence-electron chi connectivity index (χ0n) is 10.0. The van der Waals surface area contributed by atoms with E-state index in [1.165, 1.54) is 12.8 Å². The van der Waals surface area contributed by atoms with Crippen molar-refractivity contribution in [3.63, 3.8) is 0 Å². The molecule has 17 heavy (non-hydrogen) atoms. The van der Waals surface area contributed by atoms with Crippen molar-refractivity contribution >= 4 is 17.7 Å². The molecule has 1 aliphatic rings. The molecular formula is C13H18N2OS. The van der Waals surface area contributed by atoms with Crippen molar-refractivity contribution in [1.82, 2.24) is 10.6 Å². The van der Waals surface area contributed by atoms with E-state index in [1.54, 1.807) is 11.8 Å². The SMILES string of the molecule is CSc1ccccc1C(=O)NCCNC1CC1. The maximum absolute atomic E-state index is 11.9. The fourth-order valence-electron chi connectivity index (χ4n) is 1.67. The van der Waals surface area contributed by atoms with Crippen LogP contribution in [0.1, 0.15) is 23.2 Å². The highest BCUT2D eigenvalue weighted by Gasteiger charge is 2.19. The van der Waals surface area contributed by atoms with Crippen LogP contribution in [0.25, 0.3) is 0 Å². The van der Waals surface area contributed by atoms with Crippen LogP contribution in [0.4, 0.5) is 0 Å². The number of hydrogen-bond acceptors (Lipinski definition) is 3. The van der Waals surface area contributed by atoms with Gasteiger partial charge in [-0.2, -0.15) is 0 Å². The Balaban J connectivity index is 1.80. The first-order chi connectivity index (χ1) is 8.31. The minimum absolute atomic E-state index is 0.0209. The largest absolute Gasteiger partial charge is 0.351 e. The molecule has 4 heteroatoms. The first-order valence-electron chi connectivity index (χ1n) is 5.96. The highest BCUT2D eigenvalue weighted by molar-refractivity contribution is 7.98. The lowest BCUT2D eigenvalue weighted by Gasteiger charge is -2.08. The van der Waals surface area contributed by atoms with E-state index < -0.39 is 0 Å². The number of nitrogens with one attached hydrogen (secondary N) is 2. The molecule has 0 bridgehead atoms. The van der Waals surface area contributed by atoms with Crippen LogP contribution >= 0.6 is 11.8 Å². The van der Waals surface area contributed by atoms with E-state index >= 15 is 0 Å². The molecule has 3 nitrogen and oxygen atoms in total. The summed E-state index contributed by atoms with van der Waals surface area (Å²) in [6.45, 7) is 1.55. The average Bonchev–Trinajstić information content (AvgIpc) is 3.18. The van der Waals surface area contributed by atoms with Crippen molar-refractivity contribution in [3.05, 3.63) is 29.8 Å². The second-order valence-corrected chi connectivity index (χ2v) is 5.03. The van der Waals surface area contributed by atoms with E-state index in [-0.39, 0.29) is 5.91 Å². The number of carbonyl (C=O) groups is 1. The number of hydrogen-bond donors (Lipinski definition) is 2. The Bertz CT molecular complexity index is 391. The van der Waals surface area contributed by atoms with Gasteiger partial charge in [0.05, 0.1) is 5.56 Å². The van der Waals surface area contributed by atoms with Crippen LogP contribution in [0.3, 0.4) is 0 Å². The number of rotatable bonds is 6. The molecule has 2 N–H and O–H groups in total. The van der Waals surface area contributed by atoms with Crippen LogP contribution in [0.15, 0.2) is 29.2 Å². The molecule has 92 valence electrons. The molecule has 0 aliphatic heterocycles. The fraction of sp³-hybridized carbons (Fsp3) is 0.462. The molecule has 1 aromatic rings. The second kappa shape index (κ2) is 6.07. The van der Waals surface area contributed by atoms with E-state index in [0.717, 1.165) is 17.0 Å². The summed E-state index contributed by atoms with van der Waals surface area (Å²) >= 11 is 1.60. The van der Waals surface area contributed by atoms with Crippen LogP contribution < -0.4 is 10.6 Å². The predicted octanol–water partition coefficient (Wildman–Crippen LogP) is 1.89. The van der Waals surface area contributed by atoms with Crippen LogP contribution in [0, 0.1) is 0 Å². The van der Waals surface area contributed by atoms with Gasteiger partial charge in [0.1, 0.15) is 0 Å². The molecule has 0 atom stereocenters. The summed E-state index contributed by atoms with van der Waals surface area (Å²) in [7, 11) is 0. The Labute approximate surface area is 106 Å². The van der Waals surface area contributed by atoms with Gasteiger partial charge in [-0.25, -0.2) is 0 Å². The Hall–Kier alpha value is -1.00. The van der Waals surface area contributed by atoms with E-state index in [9.17, 15) is 4.79 Å². The summed E-state index contributed by atoms with van der Waals surface area (Å²) in [5.74, 6) is 0.0209. The molecule has 1 amide bonds. The predicted molar refractivity (Wildman–Crippen MR) is 71.6 cm³/mol. The minimum Gasteiger partial charge on any atom is -0.351 e. The van der Waals surface area contributed by atoms with Crippen LogP contribution in [0.5, 0.6) is 0 Å². The smallest absolute Gasteiger partial charge is 0.252 e. The van der Waals surface area contributed by atoms with Gasteiger partial charge < -0.3 is 10.6 Å². The number of carbonyl (C=O) groups excluding carboxylic acids is 1. The van der Waals surface area contributed by atoms with Crippen LogP contribution in [-0.2, 0) is 0 Å². The van der Waals surface area contributed by atoms with Crippen molar-refractivity contribution in [3.8, 4) is 0 Å². The summed E-state index contributed by atoms with van der Waals surface area (Å²) in [6.07, 6.45) is 4.55. The fourth-order valence-corrected chi connectivity index (χ4v) is 2.26. The van der Waals surface area contributed by atoms with Gasteiger partial charge >= 0.3 is 0 Å². The van der Waals surface area contributed by atoms with E-state index in [1.807, 2.05) is 30.5 Å². The number of thioether (sulfide) groups is 1. The van der Waals surface area contributed by atoms with Gasteiger partial charge in [0.25, 0.3) is 5.91 Å². The topological polar surface area (TPSA) is 41.1 Å².